The molecule has 0 aliphatic heterocycles. The second-order valence-corrected chi connectivity index (χ2v) is 17.7. The van der Waals surface area contributed by atoms with Crippen molar-refractivity contribution in [2.24, 2.45) is 0 Å². The summed E-state index contributed by atoms with van der Waals surface area (Å²) in [6.45, 7) is 6.77. The van der Waals surface area contributed by atoms with Gasteiger partial charge in [-0.1, -0.05) is 0 Å². The van der Waals surface area contributed by atoms with Gasteiger partial charge in [0.15, 0.2) is 0 Å². The van der Waals surface area contributed by atoms with Crippen LogP contribution < -0.4 is 0 Å². The average Bonchev–Trinajstić information content (AvgIpc) is 2.40. The predicted octanol–water partition coefficient (Wildman–Crippen LogP) is 5.01. The Bertz CT molecular complexity index is 195. The summed E-state index contributed by atoms with van der Waals surface area (Å²) in [7, 11) is 1.54. The van der Waals surface area contributed by atoms with Crippen LogP contribution in [0.15, 0.2) is 0 Å². The van der Waals surface area contributed by atoms with E-state index in [1.807, 2.05) is 0 Å². The standard InChI is InChI=1S/3C4H9.C3H5O2.Sb/c3*1-3-4-2;1-3(4)5-2;/h3*1,3-4H2,2H3;1H2,2H3;/q;;;;+1. The molecule has 0 heterocycles. The maximum absolute atomic E-state index is 11.7. The van der Waals surface area contributed by atoms with Gasteiger partial charge in [0.1, 0.15) is 0 Å². The van der Waals surface area contributed by atoms with E-state index < -0.39 is 18.8 Å². The van der Waals surface area contributed by atoms with Crippen LogP contribution in [0, 0.1) is 0 Å². The van der Waals surface area contributed by atoms with E-state index in [4.69, 9.17) is 4.74 Å². The molecular weight excluding hydrogens is 334 g/mol. The quantitative estimate of drug-likeness (QED) is 0.380. The Morgan fingerprint density at radius 3 is 1.56 bits per heavy atom. The van der Waals surface area contributed by atoms with Gasteiger partial charge in [-0.2, -0.15) is 0 Å². The summed E-state index contributed by atoms with van der Waals surface area (Å²) in [5, 5.41) is 0. The van der Waals surface area contributed by atoms with Crippen LogP contribution in [0.25, 0.3) is 0 Å². The molecule has 0 aromatic heterocycles. The molecular formula is C15H32O2Sb+. The molecule has 0 bridgehead atoms. The van der Waals surface area contributed by atoms with Crippen molar-refractivity contribution in [3.63, 3.8) is 0 Å². The van der Waals surface area contributed by atoms with Gasteiger partial charge in [-0.15, -0.1) is 0 Å². The molecule has 0 atom stereocenters. The minimum absolute atomic E-state index is 0.0595. The zero-order chi connectivity index (χ0) is 13.9. The summed E-state index contributed by atoms with van der Waals surface area (Å²) < 4.78 is 9.91. The van der Waals surface area contributed by atoms with Gasteiger partial charge in [0, 0.05) is 0 Å². The van der Waals surface area contributed by atoms with Crippen molar-refractivity contribution in [3.8, 4) is 0 Å². The van der Waals surface area contributed by atoms with Crippen molar-refractivity contribution < 1.29 is 9.53 Å². The van der Waals surface area contributed by atoms with Crippen molar-refractivity contribution in [1.29, 1.82) is 0 Å². The summed E-state index contributed by atoms with van der Waals surface area (Å²) in [6, 6.07) is 0. The molecule has 0 radical (unpaired) electrons. The molecule has 0 rings (SSSR count). The van der Waals surface area contributed by atoms with Gasteiger partial charge in [-0.3, -0.25) is 0 Å². The average molecular weight is 366 g/mol. The molecule has 0 spiro atoms. The molecule has 0 saturated heterocycles. The Morgan fingerprint density at radius 2 is 1.28 bits per heavy atom. The number of rotatable bonds is 11. The number of carbonyl (C=O) groups is 1. The monoisotopic (exact) mass is 365 g/mol. The van der Waals surface area contributed by atoms with Gasteiger partial charge in [-0.25, -0.2) is 0 Å². The summed E-state index contributed by atoms with van der Waals surface area (Å²) in [4.78, 5) is 11.7. The molecule has 18 heavy (non-hydrogen) atoms. The van der Waals surface area contributed by atoms with Gasteiger partial charge in [0.2, 0.25) is 0 Å². The first kappa shape index (κ1) is 18.3. The fourth-order valence-electron chi connectivity index (χ4n) is 2.39. The van der Waals surface area contributed by atoms with Gasteiger partial charge >= 0.3 is 118 Å². The summed E-state index contributed by atoms with van der Waals surface area (Å²) in [5.74, 6) is 0.0595. The number of ether oxygens (including phenoxy) is 1. The topological polar surface area (TPSA) is 26.3 Å². The second kappa shape index (κ2) is 11.1. The van der Waals surface area contributed by atoms with E-state index in [9.17, 15) is 4.79 Å². The zero-order valence-electron chi connectivity index (χ0n) is 12.8. The molecule has 0 aromatic rings. The zero-order valence-corrected chi connectivity index (χ0v) is 15.4. The molecule has 0 amide bonds. The van der Waals surface area contributed by atoms with E-state index in [0.717, 1.165) is 4.37 Å². The van der Waals surface area contributed by atoms with Crippen LogP contribution in [-0.2, 0) is 9.53 Å². The summed E-state index contributed by atoms with van der Waals surface area (Å²) >= 11 is -2.13. The number of methoxy groups -OCH3 is 1. The molecule has 0 N–H and O–H groups in total. The molecule has 0 aliphatic rings. The van der Waals surface area contributed by atoms with Gasteiger partial charge in [0.25, 0.3) is 0 Å². The van der Waals surface area contributed by atoms with Crippen LogP contribution in [0.2, 0.25) is 17.5 Å². The number of esters is 1. The molecule has 3 heteroatoms. The second-order valence-electron chi connectivity index (χ2n) is 5.31. The van der Waals surface area contributed by atoms with Crippen LogP contribution >= 0.6 is 0 Å². The predicted molar refractivity (Wildman–Crippen MR) is 81.7 cm³/mol. The molecule has 0 aliphatic carbocycles. The summed E-state index contributed by atoms with van der Waals surface area (Å²) in [6.07, 6.45) is 7.72. The van der Waals surface area contributed by atoms with Gasteiger partial charge in [-0.05, 0) is 0 Å². The van der Waals surface area contributed by atoms with Crippen LogP contribution in [0.4, 0.5) is 0 Å². The third kappa shape index (κ3) is 7.66. The van der Waals surface area contributed by atoms with Gasteiger partial charge in [0.05, 0.1) is 0 Å². The first-order valence-electron chi connectivity index (χ1n) is 7.56. The van der Waals surface area contributed by atoms with Crippen molar-refractivity contribution >= 4 is 24.8 Å². The van der Waals surface area contributed by atoms with Crippen LogP contribution in [0.5, 0.6) is 0 Å². The molecule has 0 aromatic carbocycles. The molecule has 0 unspecified atom stereocenters. The molecule has 2 nitrogen and oxygen atoms in total. The first-order chi connectivity index (χ1) is 8.64. The van der Waals surface area contributed by atoms with Crippen molar-refractivity contribution in [3.05, 3.63) is 0 Å². The Balaban J connectivity index is 4.66. The van der Waals surface area contributed by atoms with Crippen molar-refractivity contribution in [1.82, 2.24) is 0 Å². The third-order valence-electron chi connectivity index (χ3n) is 3.65. The Hall–Kier alpha value is 0.288. The molecule has 0 saturated carbocycles. The molecule has 0 fully saturated rings. The first-order valence-corrected chi connectivity index (χ1v) is 14.8. The Kier molecular flexibility index (Phi) is 11.3. The SMILES string of the molecule is CCC[CH2][Sb+]([CH2]CCC)([CH2]CCC)[CH2]C(=O)OC. The molecule has 108 valence electrons. The Labute approximate surface area is 118 Å². The van der Waals surface area contributed by atoms with Gasteiger partial charge < -0.3 is 0 Å². The van der Waals surface area contributed by atoms with E-state index >= 15 is 0 Å². The van der Waals surface area contributed by atoms with Crippen LogP contribution in [0.1, 0.15) is 59.3 Å². The van der Waals surface area contributed by atoms with E-state index in [2.05, 4.69) is 20.8 Å². The summed E-state index contributed by atoms with van der Waals surface area (Å²) in [5.41, 5.74) is 0. The van der Waals surface area contributed by atoms with Crippen molar-refractivity contribution in [2.75, 3.05) is 7.11 Å². The van der Waals surface area contributed by atoms with Crippen molar-refractivity contribution in [2.45, 2.75) is 76.8 Å². The number of hydrogen-bond acceptors (Lipinski definition) is 2. The normalized spacial score (nSPS) is 11.6. The van der Waals surface area contributed by atoms with E-state index in [0.29, 0.717) is 0 Å². The fourth-order valence-corrected chi connectivity index (χ4v) is 16.0. The van der Waals surface area contributed by atoms with Crippen LogP contribution in [0.3, 0.4) is 0 Å². The fraction of sp³-hybridized carbons (Fsp3) is 0.933. The number of unbranched alkanes of at least 4 members (excludes halogenated alkanes) is 3. The van der Waals surface area contributed by atoms with E-state index in [1.165, 1.54) is 58.7 Å². The van der Waals surface area contributed by atoms with E-state index in [1.54, 1.807) is 0 Å². The number of hydrogen-bond donors (Lipinski definition) is 0. The minimum atomic E-state index is -2.13. The van der Waals surface area contributed by atoms with Crippen LogP contribution in [-0.4, -0.2) is 31.9 Å². The number of carbonyl (C=O) groups excluding carboxylic acids is 1. The maximum atomic E-state index is 11.7. The Morgan fingerprint density at radius 1 is 0.889 bits per heavy atom. The van der Waals surface area contributed by atoms with E-state index in [-0.39, 0.29) is 5.97 Å². The third-order valence-corrected chi connectivity index (χ3v) is 17.1.